The Morgan fingerprint density at radius 3 is 2.41 bits per heavy atom. The zero-order valence-electron chi connectivity index (χ0n) is 10.9. The molecule has 3 heteroatoms. The average Bonchev–Trinajstić information content (AvgIpc) is 2.30. The molecule has 0 aliphatic carbocycles. The molecule has 2 atom stereocenters. The van der Waals surface area contributed by atoms with Crippen LogP contribution in [0.3, 0.4) is 0 Å². The minimum absolute atomic E-state index is 0.0571. The number of nitrogens with one attached hydrogen (secondary N) is 1. The highest BCUT2D eigenvalue weighted by Gasteiger charge is 2.13. The van der Waals surface area contributed by atoms with Crippen molar-refractivity contribution >= 4 is 5.91 Å². The molecule has 1 amide bonds. The second kappa shape index (κ2) is 6.40. The van der Waals surface area contributed by atoms with Gasteiger partial charge in [0.2, 0.25) is 5.91 Å². The van der Waals surface area contributed by atoms with Crippen LogP contribution in [-0.4, -0.2) is 18.5 Å². The van der Waals surface area contributed by atoms with Crippen molar-refractivity contribution in [1.29, 1.82) is 0 Å². The summed E-state index contributed by atoms with van der Waals surface area (Å²) in [6.07, 6.45) is 0.432. The van der Waals surface area contributed by atoms with Gasteiger partial charge in [0.05, 0.1) is 6.42 Å². The summed E-state index contributed by atoms with van der Waals surface area (Å²) in [7, 11) is 0. The van der Waals surface area contributed by atoms with E-state index in [0.29, 0.717) is 18.9 Å². The molecule has 2 unspecified atom stereocenters. The zero-order chi connectivity index (χ0) is 12.8. The van der Waals surface area contributed by atoms with E-state index in [1.807, 2.05) is 45.0 Å². The Morgan fingerprint density at radius 1 is 1.29 bits per heavy atom. The summed E-state index contributed by atoms with van der Waals surface area (Å²) < 4.78 is 0. The Kier molecular flexibility index (Phi) is 5.16. The van der Waals surface area contributed by atoms with Gasteiger partial charge in [-0.1, -0.05) is 36.8 Å². The van der Waals surface area contributed by atoms with Crippen LogP contribution >= 0.6 is 0 Å². The van der Waals surface area contributed by atoms with Crippen LogP contribution in [0.4, 0.5) is 0 Å². The molecule has 0 spiro atoms. The van der Waals surface area contributed by atoms with E-state index in [2.05, 4.69) is 5.32 Å². The molecule has 0 bridgehead atoms. The van der Waals surface area contributed by atoms with Gasteiger partial charge in [-0.3, -0.25) is 4.79 Å². The van der Waals surface area contributed by atoms with Crippen LogP contribution in [0, 0.1) is 12.8 Å². The lowest BCUT2D eigenvalue weighted by Crippen LogP contribution is -2.40. The Morgan fingerprint density at radius 2 is 1.88 bits per heavy atom. The second-order valence-corrected chi connectivity index (χ2v) is 4.73. The summed E-state index contributed by atoms with van der Waals surface area (Å²) in [4.78, 5) is 11.8. The smallest absolute Gasteiger partial charge is 0.224 e. The van der Waals surface area contributed by atoms with Crippen molar-refractivity contribution in [2.45, 2.75) is 33.2 Å². The molecular formula is C14H22N2O. The number of hydrogen-bond donors (Lipinski definition) is 2. The molecule has 0 aliphatic rings. The highest BCUT2D eigenvalue weighted by molar-refractivity contribution is 5.78. The predicted octanol–water partition coefficient (Wildman–Crippen LogP) is 1.64. The van der Waals surface area contributed by atoms with Gasteiger partial charge in [-0.25, -0.2) is 0 Å². The summed E-state index contributed by atoms with van der Waals surface area (Å²) in [5, 5.41) is 2.97. The molecule has 0 saturated heterocycles. The van der Waals surface area contributed by atoms with Crippen molar-refractivity contribution in [3.63, 3.8) is 0 Å². The minimum Gasteiger partial charge on any atom is -0.353 e. The van der Waals surface area contributed by atoms with Crippen LogP contribution in [-0.2, 0) is 11.2 Å². The number of benzene rings is 1. The lowest BCUT2D eigenvalue weighted by Gasteiger charge is -2.19. The van der Waals surface area contributed by atoms with Gasteiger partial charge >= 0.3 is 0 Å². The number of hydrogen-bond acceptors (Lipinski definition) is 2. The Balaban J connectivity index is 2.47. The zero-order valence-corrected chi connectivity index (χ0v) is 10.9. The minimum atomic E-state index is 0.0571. The topological polar surface area (TPSA) is 55.1 Å². The van der Waals surface area contributed by atoms with Gasteiger partial charge in [0.15, 0.2) is 0 Å². The maximum Gasteiger partial charge on any atom is 0.224 e. The third kappa shape index (κ3) is 4.57. The highest BCUT2D eigenvalue weighted by atomic mass is 16.1. The first-order valence-corrected chi connectivity index (χ1v) is 6.08. The fraction of sp³-hybridized carbons (Fsp3) is 0.500. The van der Waals surface area contributed by atoms with Crippen molar-refractivity contribution in [1.82, 2.24) is 5.32 Å². The molecule has 0 fully saturated rings. The Bertz CT molecular complexity index is 359. The van der Waals surface area contributed by atoms with Crippen LogP contribution < -0.4 is 11.1 Å². The number of carbonyl (C=O) groups is 1. The maximum atomic E-state index is 11.8. The molecule has 1 aromatic rings. The summed E-state index contributed by atoms with van der Waals surface area (Å²) in [6, 6.07) is 8.15. The molecule has 3 N–H and O–H groups in total. The first kappa shape index (κ1) is 13.7. The van der Waals surface area contributed by atoms with E-state index in [1.54, 1.807) is 0 Å². The van der Waals surface area contributed by atoms with Crippen LogP contribution in [0.1, 0.15) is 25.0 Å². The lowest BCUT2D eigenvalue weighted by molar-refractivity contribution is -0.121. The number of amides is 1. The number of rotatable bonds is 5. The third-order valence-corrected chi connectivity index (χ3v) is 3.10. The molecule has 0 heterocycles. The highest BCUT2D eigenvalue weighted by Crippen LogP contribution is 2.05. The quantitative estimate of drug-likeness (QED) is 0.813. The first-order chi connectivity index (χ1) is 8.02. The first-order valence-electron chi connectivity index (χ1n) is 6.08. The van der Waals surface area contributed by atoms with Crippen molar-refractivity contribution in [2.24, 2.45) is 11.7 Å². The second-order valence-electron chi connectivity index (χ2n) is 4.73. The molecular weight excluding hydrogens is 212 g/mol. The molecule has 0 radical (unpaired) electrons. The van der Waals surface area contributed by atoms with Crippen molar-refractivity contribution in [2.75, 3.05) is 6.54 Å². The van der Waals surface area contributed by atoms with E-state index in [4.69, 9.17) is 5.73 Å². The van der Waals surface area contributed by atoms with Crippen LogP contribution in [0.25, 0.3) is 0 Å². The number of aryl methyl sites for hydroxylation is 1. The molecule has 1 rings (SSSR count). The molecule has 17 heavy (non-hydrogen) atoms. The number of nitrogens with two attached hydrogens (primary N) is 1. The normalized spacial score (nSPS) is 14.1. The monoisotopic (exact) mass is 234 g/mol. The van der Waals surface area contributed by atoms with Gasteiger partial charge in [0, 0.05) is 6.04 Å². The SMILES string of the molecule is Cc1ccc(CC(=O)NC(C)C(C)CN)cc1. The Hall–Kier alpha value is -1.35. The summed E-state index contributed by atoms with van der Waals surface area (Å²) >= 11 is 0. The van der Waals surface area contributed by atoms with E-state index >= 15 is 0 Å². The van der Waals surface area contributed by atoms with Crippen LogP contribution in [0.2, 0.25) is 0 Å². The van der Waals surface area contributed by atoms with Crippen molar-refractivity contribution < 1.29 is 4.79 Å². The van der Waals surface area contributed by atoms with Crippen molar-refractivity contribution in [3.8, 4) is 0 Å². The predicted molar refractivity (Wildman–Crippen MR) is 70.7 cm³/mol. The summed E-state index contributed by atoms with van der Waals surface area (Å²) in [5.74, 6) is 0.360. The summed E-state index contributed by atoms with van der Waals surface area (Å²) in [6.45, 7) is 6.65. The van der Waals surface area contributed by atoms with Crippen LogP contribution in [0.5, 0.6) is 0 Å². The van der Waals surface area contributed by atoms with Gasteiger partial charge in [0.25, 0.3) is 0 Å². The van der Waals surface area contributed by atoms with Crippen molar-refractivity contribution in [3.05, 3.63) is 35.4 Å². The van der Waals surface area contributed by atoms with E-state index in [9.17, 15) is 4.79 Å². The molecule has 0 saturated carbocycles. The lowest BCUT2D eigenvalue weighted by atomic mass is 10.0. The summed E-state index contributed by atoms with van der Waals surface area (Å²) in [5.41, 5.74) is 7.82. The molecule has 1 aromatic carbocycles. The van der Waals surface area contributed by atoms with E-state index in [0.717, 1.165) is 5.56 Å². The molecule has 3 nitrogen and oxygen atoms in total. The van der Waals surface area contributed by atoms with Gasteiger partial charge in [-0.2, -0.15) is 0 Å². The van der Waals surface area contributed by atoms with Gasteiger partial charge < -0.3 is 11.1 Å². The standard InChI is InChI=1S/C14H22N2O/c1-10-4-6-13(7-5-10)8-14(17)16-12(3)11(2)9-15/h4-7,11-12H,8-9,15H2,1-3H3,(H,16,17). The average molecular weight is 234 g/mol. The maximum absolute atomic E-state index is 11.8. The molecule has 0 aliphatic heterocycles. The van der Waals surface area contributed by atoms with E-state index in [1.165, 1.54) is 5.56 Å². The van der Waals surface area contributed by atoms with Gasteiger partial charge in [-0.05, 0) is 31.9 Å². The Labute approximate surface area is 103 Å². The number of carbonyl (C=O) groups excluding carboxylic acids is 1. The van der Waals surface area contributed by atoms with E-state index < -0.39 is 0 Å². The molecule has 0 aromatic heterocycles. The fourth-order valence-corrected chi connectivity index (χ4v) is 1.54. The largest absolute Gasteiger partial charge is 0.353 e. The van der Waals surface area contributed by atoms with Gasteiger partial charge in [0.1, 0.15) is 0 Å². The third-order valence-electron chi connectivity index (χ3n) is 3.10. The van der Waals surface area contributed by atoms with Gasteiger partial charge in [-0.15, -0.1) is 0 Å². The fourth-order valence-electron chi connectivity index (χ4n) is 1.54. The van der Waals surface area contributed by atoms with E-state index in [-0.39, 0.29) is 11.9 Å². The van der Waals surface area contributed by atoms with Crippen LogP contribution in [0.15, 0.2) is 24.3 Å². The molecule has 94 valence electrons.